The number of piperidine rings is 1. The van der Waals surface area contributed by atoms with Gasteiger partial charge in [-0.2, -0.15) is 5.10 Å². The van der Waals surface area contributed by atoms with Crippen LogP contribution in [0, 0.1) is 0 Å². The van der Waals surface area contributed by atoms with Crippen molar-refractivity contribution in [2.75, 3.05) is 20.1 Å². The number of H-pyrrole nitrogens is 1. The van der Waals surface area contributed by atoms with E-state index >= 15 is 0 Å². The predicted molar refractivity (Wildman–Crippen MR) is 151 cm³/mol. The van der Waals surface area contributed by atoms with Crippen molar-refractivity contribution in [2.24, 2.45) is 0 Å². The van der Waals surface area contributed by atoms with Gasteiger partial charge in [-0.1, -0.05) is 31.4 Å². The normalized spacial score (nSPS) is 16.1. The molecule has 5 heterocycles. The largest absolute Gasteiger partial charge is 0.382 e. The first-order chi connectivity index (χ1) is 17.5. The molecule has 1 saturated heterocycles. The van der Waals surface area contributed by atoms with Crippen LogP contribution in [0.3, 0.4) is 0 Å². The van der Waals surface area contributed by atoms with Gasteiger partial charge in [-0.15, -0.1) is 0 Å². The SMILES string of the molecule is C=C/C=C(C)\C(=C/C)c1cnc2[nH]cc(-c3ccn4ncc(C(=C)NC5CCN(C)CC5)c4c3)c2c1. The van der Waals surface area contributed by atoms with E-state index in [0.717, 1.165) is 81.6 Å². The Bertz CT molecular complexity index is 1490. The number of hydrogen-bond donors (Lipinski definition) is 2. The zero-order chi connectivity index (χ0) is 25.2. The number of nitrogens with one attached hydrogen (secondary N) is 2. The van der Waals surface area contributed by atoms with E-state index in [4.69, 9.17) is 4.98 Å². The number of aromatic amines is 1. The number of nitrogens with zero attached hydrogens (tertiary/aromatic N) is 4. The Morgan fingerprint density at radius 1 is 1.22 bits per heavy atom. The number of rotatable bonds is 7. The Kier molecular flexibility index (Phi) is 6.61. The van der Waals surface area contributed by atoms with Crippen molar-refractivity contribution in [1.82, 2.24) is 29.8 Å². The van der Waals surface area contributed by atoms with E-state index in [1.54, 1.807) is 0 Å². The number of pyridine rings is 2. The van der Waals surface area contributed by atoms with Crippen molar-refractivity contribution in [3.8, 4) is 11.1 Å². The van der Waals surface area contributed by atoms with Crippen LogP contribution in [0.5, 0.6) is 0 Å². The first-order valence-electron chi connectivity index (χ1n) is 12.5. The summed E-state index contributed by atoms with van der Waals surface area (Å²) in [5.41, 5.74) is 9.51. The minimum absolute atomic E-state index is 0.448. The van der Waals surface area contributed by atoms with E-state index in [0.29, 0.717) is 6.04 Å². The highest BCUT2D eigenvalue weighted by molar-refractivity contribution is 5.97. The maximum atomic E-state index is 4.71. The second-order valence-corrected chi connectivity index (χ2v) is 9.61. The van der Waals surface area contributed by atoms with Crippen molar-refractivity contribution < 1.29 is 0 Å². The average molecular weight is 479 g/mol. The molecule has 0 bridgehead atoms. The van der Waals surface area contributed by atoms with Crippen molar-refractivity contribution in [2.45, 2.75) is 32.7 Å². The van der Waals surface area contributed by atoms with Crippen LogP contribution < -0.4 is 5.32 Å². The molecule has 36 heavy (non-hydrogen) atoms. The molecule has 0 aliphatic carbocycles. The Morgan fingerprint density at radius 2 is 2.03 bits per heavy atom. The Labute approximate surface area is 212 Å². The lowest BCUT2D eigenvalue weighted by molar-refractivity contribution is 0.245. The Hall–Kier alpha value is -3.90. The molecule has 6 heteroatoms. The number of fused-ring (bicyclic) bond motifs is 2. The van der Waals surface area contributed by atoms with Crippen molar-refractivity contribution in [3.63, 3.8) is 0 Å². The third kappa shape index (κ3) is 4.52. The van der Waals surface area contributed by atoms with Gasteiger partial charge in [0, 0.05) is 52.4 Å². The smallest absolute Gasteiger partial charge is 0.137 e. The van der Waals surface area contributed by atoms with Crippen molar-refractivity contribution in [1.29, 1.82) is 0 Å². The van der Waals surface area contributed by atoms with Gasteiger partial charge in [0.15, 0.2) is 0 Å². The summed E-state index contributed by atoms with van der Waals surface area (Å²) in [5, 5.41) is 9.33. The quantitative estimate of drug-likeness (QED) is 0.317. The van der Waals surface area contributed by atoms with Gasteiger partial charge in [0.05, 0.1) is 11.7 Å². The molecule has 2 N–H and O–H groups in total. The lowest BCUT2D eigenvalue weighted by atomic mass is 9.97. The van der Waals surface area contributed by atoms with Gasteiger partial charge in [0.1, 0.15) is 5.65 Å². The summed E-state index contributed by atoms with van der Waals surface area (Å²) in [6.45, 7) is 14.6. The number of aromatic nitrogens is 4. The average Bonchev–Trinajstić information content (AvgIpc) is 3.50. The van der Waals surface area contributed by atoms with Gasteiger partial charge in [-0.25, -0.2) is 9.50 Å². The summed E-state index contributed by atoms with van der Waals surface area (Å²) in [4.78, 5) is 10.4. The summed E-state index contributed by atoms with van der Waals surface area (Å²) in [7, 11) is 2.18. The minimum atomic E-state index is 0.448. The summed E-state index contributed by atoms with van der Waals surface area (Å²) in [6.07, 6.45) is 16.1. The molecule has 1 fully saturated rings. The fourth-order valence-corrected chi connectivity index (χ4v) is 5.14. The summed E-state index contributed by atoms with van der Waals surface area (Å²) >= 11 is 0. The van der Waals surface area contributed by atoms with E-state index in [-0.39, 0.29) is 0 Å². The van der Waals surface area contributed by atoms with Gasteiger partial charge >= 0.3 is 0 Å². The molecule has 0 radical (unpaired) electrons. The lowest BCUT2D eigenvalue weighted by Crippen LogP contribution is -2.39. The highest BCUT2D eigenvalue weighted by Gasteiger charge is 2.19. The van der Waals surface area contributed by atoms with Gasteiger partial charge < -0.3 is 15.2 Å². The molecule has 0 aromatic carbocycles. The fourth-order valence-electron chi connectivity index (χ4n) is 5.14. The van der Waals surface area contributed by atoms with E-state index in [1.165, 1.54) is 0 Å². The molecule has 0 amide bonds. The maximum Gasteiger partial charge on any atom is 0.137 e. The Balaban J connectivity index is 1.50. The fraction of sp³-hybridized carbons (Fsp3) is 0.267. The summed E-state index contributed by atoms with van der Waals surface area (Å²) in [6, 6.07) is 6.96. The molecule has 4 aromatic rings. The van der Waals surface area contributed by atoms with Crippen molar-refractivity contribution >= 4 is 27.8 Å². The van der Waals surface area contributed by atoms with Crippen LogP contribution >= 0.6 is 0 Å². The molecule has 6 nitrogen and oxygen atoms in total. The van der Waals surface area contributed by atoms with Gasteiger partial charge in [-0.3, -0.25) is 0 Å². The maximum absolute atomic E-state index is 4.71. The first-order valence-corrected chi connectivity index (χ1v) is 12.5. The van der Waals surface area contributed by atoms with Crippen LogP contribution in [0.15, 0.2) is 79.9 Å². The Morgan fingerprint density at radius 3 is 2.78 bits per heavy atom. The van der Waals surface area contributed by atoms with Crippen LogP contribution in [0.1, 0.15) is 37.8 Å². The van der Waals surface area contributed by atoms with Gasteiger partial charge in [0.2, 0.25) is 0 Å². The van der Waals surface area contributed by atoms with Crippen molar-refractivity contribution in [3.05, 3.63) is 91.1 Å². The summed E-state index contributed by atoms with van der Waals surface area (Å²) in [5.74, 6) is 0. The molecule has 5 rings (SSSR count). The minimum Gasteiger partial charge on any atom is -0.382 e. The molecule has 0 unspecified atom stereocenters. The molecular weight excluding hydrogens is 444 g/mol. The molecule has 184 valence electrons. The predicted octanol–water partition coefficient (Wildman–Crippen LogP) is 6.07. The van der Waals surface area contributed by atoms with E-state index < -0.39 is 0 Å². The molecule has 0 saturated carbocycles. The first kappa shape index (κ1) is 23.8. The molecule has 0 spiro atoms. The van der Waals surface area contributed by atoms with Gasteiger partial charge in [-0.05, 0) is 81.7 Å². The number of hydrogen-bond acceptors (Lipinski definition) is 4. The molecule has 4 aromatic heterocycles. The van der Waals surface area contributed by atoms with Crippen LogP contribution in [0.25, 0.3) is 38.9 Å². The van der Waals surface area contributed by atoms with Crippen LogP contribution in [-0.4, -0.2) is 50.7 Å². The lowest BCUT2D eigenvalue weighted by Gasteiger charge is -2.30. The zero-order valence-electron chi connectivity index (χ0n) is 21.4. The highest BCUT2D eigenvalue weighted by atomic mass is 15.2. The topological polar surface area (TPSA) is 61.3 Å². The summed E-state index contributed by atoms with van der Waals surface area (Å²) < 4.78 is 1.92. The van der Waals surface area contributed by atoms with E-state index in [2.05, 4.69) is 78.6 Å². The monoisotopic (exact) mass is 478 g/mol. The van der Waals surface area contributed by atoms with E-state index in [9.17, 15) is 0 Å². The molecule has 0 atom stereocenters. The van der Waals surface area contributed by atoms with Crippen LogP contribution in [-0.2, 0) is 0 Å². The van der Waals surface area contributed by atoms with Gasteiger partial charge in [0.25, 0.3) is 0 Å². The number of likely N-dealkylation sites (tertiary alicyclic amines) is 1. The standard InChI is InChI=1S/C30H34N6/c1-6-8-20(3)25(7-2)23-15-26-28(18-32-30(26)31-17-23)22-9-14-36-29(16-22)27(19-33-36)21(4)34-24-10-12-35(5)13-11-24/h6-9,14-19,24,34H,1,4,10-13H2,2-3,5H3,(H,31,32)/b20-8-,25-7+. The number of allylic oxidation sites excluding steroid dienone is 5. The second-order valence-electron chi connectivity index (χ2n) is 9.61. The van der Waals surface area contributed by atoms with E-state index in [1.807, 2.05) is 41.5 Å². The molecular formula is C30H34N6. The third-order valence-electron chi connectivity index (χ3n) is 7.18. The zero-order valence-corrected chi connectivity index (χ0v) is 21.4. The highest BCUT2D eigenvalue weighted by Crippen LogP contribution is 2.33. The molecule has 1 aliphatic heterocycles. The van der Waals surface area contributed by atoms with Crippen LogP contribution in [0.4, 0.5) is 0 Å². The third-order valence-corrected chi connectivity index (χ3v) is 7.18. The second kappa shape index (κ2) is 9.99. The van der Waals surface area contributed by atoms with Crippen LogP contribution in [0.2, 0.25) is 0 Å². The molecule has 1 aliphatic rings.